The zero-order chi connectivity index (χ0) is 17.8. The van der Waals surface area contributed by atoms with E-state index >= 15 is 0 Å². The normalized spacial score (nSPS) is 11.1. The lowest BCUT2D eigenvalue weighted by Crippen LogP contribution is -2.18. The van der Waals surface area contributed by atoms with Gasteiger partial charge in [0.05, 0.1) is 18.4 Å². The molecule has 2 aromatic heterocycles. The number of methoxy groups -OCH3 is 1. The van der Waals surface area contributed by atoms with Gasteiger partial charge in [-0.15, -0.1) is 0 Å². The van der Waals surface area contributed by atoms with E-state index in [1.165, 1.54) is 0 Å². The van der Waals surface area contributed by atoms with Gasteiger partial charge in [-0.2, -0.15) is 0 Å². The molecular weight excluding hydrogens is 316 g/mol. The van der Waals surface area contributed by atoms with Crippen LogP contribution >= 0.6 is 0 Å². The van der Waals surface area contributed by atoms with Crippen molar-refractivity contribution in [1.82, 2.24) is 20.0 Å². The largest absolute Gasteiger partial charge is 0.496 e. The van der Waals surface area contributed by atoms with Gasteiger partial charge in [-0.05, 0) is 33.0 Å². The second-order valence-corrected chi connectivity index (χ2v) is 6.09. The summed E-state index contributed by atoms with van der Waals surface area (Å²) < 4.78 is 10.6. The molecule has 1 aromatic carbocycles. The van der Waals surface area contributed by atoms with Crippen LogP contribution in [0.2, 0.25) is 0 Å². The number of hydrogen-bond acceptors (Lipinski definition) is 6. The Morgan fingerprint density at radius 1 is 1.08 bits per heavy atom. The van der Waals surface area contributed by atoms with Gasteiger partial charge in [0.2, 0.25) is 0 Å². The number of ether oxygens (including phenoxy) is 1. The number of nitrogens with zero attached hydrogens (tertiary/aromatic N) is 4. The highest BCUT2D eigenvalue weighted by Gasteiger charge is 2.12. The van der Waals surface area contributed by atoms with Crippen molar-refractivity contribution in [1.29, 1.82) is 0 Å². The van der Waals surface area contributed by atoms with Crippen LogP contribution in [0, 0.1) is 13.8 Å². The Morgan fingerprint density at radius 3 is 2.44 bits per heavy atom. The maximum absolute atomic E-state index is 5.37. The highest BCUT2D eigenvalue weighted by molar-refractivity contribution is 5.63. The van der Waals surface area contributed by atoms with E-state index in [0.717, 1.165) is 47.0 Å². The van der Waals surface area contributed by atoms with Gasteiger partial charge < -0.3 is 9.26 Å². The number of hydrogen-bond donors (Lipinski definition) is 0. The van der Waals surface area contributed by atoms with E-state index < -0.39 is 0 Å². The summed E-state index contributed by atoms with van der Waals surface area (Å²) in [6, 6.07) is 7.74. The zero-order valence-electron chi connectivity index (χ0n) is 15.0. The maximum atomic E-state index is 5.37. The molecule has 0 aliphatic rings. The van der Waals surface area contributed by atoms with E-state index in [2.05, 4.69) is 27.1 Å². The second kappa shape index (κ2) is 7.44. The van der Waals surface area contributed by atoms with E-state index in [1.807, 2.05) is 50.5 Å². The van der Waals surface area contributed by atoms with Crippen molar-refractivity contribution < 1.29 is 9.26 Å². The number of aromatic nitrogens is 3. The molecule has 6 heteroatoms. The van der Waals surface area contributed by atoms with Crippen LogP contribution in [0.4, 0.5) is 0 Å². The molecular formula is C19H22N4O2. The average molecular weight is 338 g/mol. The van der Waals surface area contributed by atoms with Gasteiger partial charge in [-0.1, -0.05) is 17.3 Å². The predicted molar refractivity (Wildman–Crippen MR) is 95.2 cm³/mol. The van der Waals surface area contributed by atoms with Gasteiger partial charge in [0.1, 0.15) is 11.5 Å². The minimum absolute atomic E-state index is 0.662. The fourth-order valence-electron chi connectivity index (χ4n) is 2.77. The lowest BCUT2D eigenvalue weighted by molar-refractivity contribution is 0.314. The van der Waals surface area contributed by atoms with Gasteiger partial charge in [0, 0.05) is 36.6 Å². The van der Waals surface area contributed by atoms with Gasteiger partial charge in [0.15, 0.2) is 5.82 Å². The quantitative estimate of drug-likeness (QED) is 0.686. The van der Waals surface area contributed by atoms with Crippen LogP contribution in [0.3, 0.4) is 0 Å². The molecule has 0 unspecified atom stereocenters. The van der Waals surface area contributed by atoms with Crippen molar-refractivity contribution in [2.45, 2.75) is 26.9 Å². The van der Waals surface area contributed by atoms with E-state index in [0.29, 0.717) is 5.82 Å². The molecule has 2 heterocycles. The zero-order valence-corrected chi connectivity index (χ0v) is 15.0. The Labute approximate surface area is 147 Å². The molecule has 0 N–H and O–H groups in total. The Hall–Kier alpha value is -2.73. The maximum Gasteiger partial charge on any atom is 0.162 e. The van der Waals surface area contributed by atoms with Crippen molar-refractivity contribution in [3.63, 3.8) is 0 Å². The number of benzene rings is 1. The molecule has 25 heavy (non-hydrogen) atoms. The van der Waals surface area contributed by atoms with Crippen LogP contribution in [0.25, 0.3) is 11.4 Å². The van der Waals surface area contributed by atoms with Crippen LogP contribution < -0.4 is 4.74 Å². The van der Waals surface area contributed by atoms with E-state index in [4.69, 9.17) is 9.26 Å². The monoisotopic (exact) mass is 338 g/mol. The highest BCUT2D eigenvalue weighted by atomic mass is 16.5. The summed E-state index contributed by atoms with van der Waals surface area (Å²) in [5, 5.41) is 4.00. The van der Waals surface area contributed by atoms with Crippen LogP contribution in [0.15, 0.2) is 41.2 Å². The van der Waals surface area contributed by atoms with E-state index in [9.17, 15) is 0 Å². The first-order chi connectivity index (χ1) is 12.1. The third-order valence-electron chi connectivity index (χ3n) is 4.11. The summed E-state index contributed by atoms with van der Waals surface area (Å²) in [6.07, 6.45) is 3.72. The molecule has 0 spiro atoms. The lowest BCUT2D eigenvalue weighted by atomic mass is 10.1. The first-order valence-corrected chi connectivity index (χ1v) is 8.13. The number of para-hydroxylation sites is 1. The van der Waals surface area contributed by atoms with Crippen molar-refractivity contribution >= 4 is 0 Å². The molecule has 6 nitrogen and oxygen atoms in total. The third kappa shape index (κ3) is 3.85. The summed E-state index contributed by atoms with van der Waals surface area (Å²) in [6.45, 7) is 5.42. The summed E-state index contributed by atoms with van der Waals surface area (Å²) in [7, 11) is 3.71. The van der Waals surface area contributed by atoms with Crippen molar-refractivity contribution in [2.75, 3.05) is 14.2 Å². The first-order valence-electron chi connectivity index (χ1n) is 8.13. The van der Waals surface area contributed by atoms with Crippen molar-refractivity contribution in [3.05, 3.63) is 59.2 Å². The fraction of sp³-hybridized carbons (Fsp3) is 0.316. The van der Waals surface area contributed by atoms with Gasteiger partial charge in [-0.3, -0.25) is 4.90 Å². The molecule has 130 valence electrons. The summed E-state index contributed by atoms with van der Waals surface area (Å²) in [4.78, 5) is 11.2. The van der Waals surface area contributed by atoms with Crippen molar-refractivity contribution in [2.24, 2.45) is 0 Å². The SMILES string of the molecule is COc1ccccc1-c1ncc(CN(C)Cc2c(C)noc2C)cn1. The molecule has 0 saturated carbocycles. The van der Waals surface area contributed by atoms with Gasteiger partial charge in [0.25, 0.3) is 0 Å². The summed E-state index contributed by atoms with van der Waals surface area (Å²) in [5.74, 6) is 2.30. The van der Waals surface area contributed by atoms with Gasteiger partial charge >= 0.3 is 0 Å². The third-order valence-corrected chi connectivity index (χ3v) is 4.11. The molecule has 0 radical (unpaired) electrons. The van der Waals surface area contributed by atoms with Crippen molar-refractivity contribution in [3.8, 4) is 17.1 Å². The van der Waals surface area contributed by atoms with Crippen LogP contribution in [0.5, 0.6) is 5.75 Å². The molecule has 0 atom stereocenters. The lowest BCUT2D eigenvalue weighted by Gasteiger charge is -2.16. The molecule has 0 aliphatic carbocycles. The topological polar surface area (TPSA) is 64.3 Å². The first kappa shape index (κ1) is 17.1. The molecule has 0 aliphatic heterocycles. The van der Waals surface area contributed by atoms with E-state index in [-0.39, 0.29) is 0 Å². The minimum atomic E-state index is 0.662. The Kier molecular flexibility index (Phi) is 5.09. The average Bonchev–Trinajstić information content (AvgIpc) is 2.94. The standard InChI is InChI=1S/C19H22N4O2/c1-13-17(14(2)25-22-13)12-23(3)11-15-9-20-19(21-10-15)16-7-5-6-8-18(16)24-4/h5-10H,11-12H2,1-4H3. The number of rotatable bonds is 6. The van der Waals surface area contributed by atoms with Crippen LogP contribution in [0.1, 0.15) is 22.6 Å². The Morgan fingerprint density at radius 2 is 1.80 bits per heavy atom. The number of aryl methyl sites for hydroxylation is 2. The Bertz CT molecular complexity index is 823. The molecule has 0 fully saturated rings. The smallest absolute Gasteiger partial charge is 0.162 e. The predicted octanol–water partition coefficient (Wildman–Crippen LogP) is 3.39. The van der Waals surface area contributed by atoms with Crippen LogP contribution in [-0.4, -0.2) is 34.2 Å². The highest BCUT2D eigenvalue weighted by Crippen LogP contribution is 2.26. The second-order valence-electron chi connectivity index (χ2n) is 6.09. The molecule has 0 saturated heterocycles. The van der Waals surface area contributed by atoms with Gasteiger partial charge in [-0.25, -0.2) is 9.97 Å². The molecule has 3 aromatic rings. The molecule has 3 rings (SSSR count). The molecule has 0 amide bonds. The molecule has 0 bridgehead atoms. The van der Waals surface area contributed by atoms with Crippen LogP contribution in [-0.2, 0) is 13.1 Å². The fourth-order valence-corrected chi connectivity index (χ4v) is 2.77. The summed E-state index contributed by atoms with van der Waals surface area (Å²) in [5.41, 5.74) is 4.01. The Balaban J connectivity index is 1.70. The minimum Gasteiger partial charge on any atom is -0.496 e. The van der Waals surface area contributed by atoms with E-state index in [1.54, 1.807) is 7.11 Å². The summed E-state index contributed by atoms with van der Waals surface area (Å²) >= 11 is 0.